The lowest BCUT2D eigenvalue weighted by atomic mass is 9.88. The summed E-state index contributed by atoms with van der Waals surface area (Å²) in [7, 11) is 0. The monoisotopic (exact) mass is 824 g/mol. The molecule has 2 unspecified atom stereocenters. The Morgan fingerprint density at radius 1 is 0.649 bits per heavy atom. The first-order valence-electron chi connectivity index (χ1n) is 21.1. The first-order valence-corrected chi connectivity index (χ1v) is 22.8. The van der Waals surface area contributed by atoms with Gasteiger partial charge in [0.2, 0.25) is 0 Å². The van der Waals surface area contributed by atoms with Crippen LogP contribution in [0, 0.1) is 0 Å². The van der Waals surface area contributed by atoms with Gasteiger partial charge < -0.3 is 33.9 Å². The molecule has 0 aromatic heterocycles. The minimum Gasteiger partial charge on any atom is -0.387 e. The Balaban J connectivity index is 1.25. The fourth-order valence-corrected chi connectivity index (χ4v) is 11.8. The maximum absolute atomic E-state index is 12.2. The third-order valence-corrected chi connectivity index (χ3v) is 14.0. The van der Waals surface area contributed by atoms with Crippen molar-refractivity contribution in [3.8, 4) is 0 Å². The lowest BCUT2D eigenvalue weighted by Crippen LogP contribution is -2.45. The molecule has 3 aliphatic rings. The quantitative estimate of drug-likeness (QED) is 0.113. The minimum atomic E-state index is -1.11. The molecule has 0 saturated carbocycles. The second-order valence-electron chi connectivity index (χ2n) is 19.3. The highest BCUT2D eigenvalue weighted by Gasteiger charge is 2.49. The van der Waals surface area contributed by atoms with Crippen LogP contribution in [0.1, 0.15) is 134 Å². The van der Waals surface area contributed by atoms with E-state index in [9.17, 15) is 10.2 Å². The van der Waals surface area contributed by atoms with Crippen LogP contribution in [0.2, 0.25) is 0 Å². The van der Waals surface area contributed by atoms with Gasteiger partial charge in [-0.1, -0.05) is 59.7 Å². The topological polar surface area (TPSA) is 86.6 Å². The van der Waals surface area contributed by atoms with Gasteiger partial charge in [0.1, 0.15) is 0 Å². The van der Waals surface area contributed by atoms with Gasteiger partial charge in [0.15, 0.2) is 11.6 Å². The highest BCUT2D eigenvalue weighted by molar-refractivity contribution is 8.00. The van der Waals surface area contributed by atoms with Gasteiger partial charge in [-0.05, 0) is 159 Å². The van der Waals surface area contributed by atoms with Crippen LogP contribution in [0.25, 0.3) is 0 Å². The van der Waals surface area contributed by atoms with E-state index in [-0.39, 0.29) is 33.9 Å². The van der Waals surface area contributed by atoms with E-state index in [0.717, 1.165) is 35.5 Å². The van der Waals surface area contributed by atoms with Crippen molar-refractivity contribution in [1.82, 2.24) is 0 Å². The van der Waals surface area contributed by atoms with Gasteiger partial charge in [-0.25, -0.2) is 0 Å². The molecule has 0 bridgehead atoms. The summed E-state index contributed by atoms with van der Waals surface area (Å²) in [5.74, 6) is -1.18. The van der Waals surface area contributed by atoms with Crippen molar-refractivity contribution in [2.75, 3.05) is 0 Å². The van der Waals surface area contributed by atoms with E-state index < -0.39 is 35.0 Å². The molecule has 0 aliphatic carbocycles. The molecule has 0 amide bonds. The van der Waals surface area contributed by atoms with Crippen LogP contribution >= 0.6 is 23.5 Å². The summed E-state index contributed by atoms with van der Waals surface area (Å²) in [4.78, 5) is 2.32. The van der Waals surface area contributed by atoms with Crippen molar-refractivity contribution in [3.05, 3.63) is 84.0 Å². The number of ether oxygens (including phenoxy) is 5. The zero-order valence-electron chi connectivity index (χ0n) is 36.8. The molecule has 3 saturated heterocycles. The lowest BCUT2D eigenvalue weighted by Gasteiger charge is -2.36. The summed E-state index contributed by atoms with van der Waals surface area (Å²) in [5.41, 5.74) is -0.393. The zero-order chi connectivity index (χ0) is 41.9. The van der Waals surface area contributed by atoms with E-state index in [1.54, 1.807) is 23.5 Å². The molecule has 5 rings (SSSR count). The molecule has 318 valence electrons. The Bertz CT molecular complexity index is 1530. The number of rotatable bonds is 18. The van der Waals surface area contributed by atoms with Gasteiger partial charge >= 0.3 is 0 Å². The van der Waals surface area contributed by atoms with E-state index >= 15 is 0 Å². The smallest absolute Gasteiger partial charge is 0.164 e. The molecule has 9 heteroatoms. The Labute approximate surface area is 353 Å². The molecule has 0 radical (unpaired) electrons. The highest BCUT2D eigenvalue weighted by Crippen LogP contribution is 2.43. The fourth-order valence-electron chi connectivity index (χ4n) is 8.99. The average Bonchev–Trinajstić information content (AvgIpc) is 3.74. The summed E-state index contributed by atoms with van der Waals surface area (Å²) < 4.78 is 31.6. The van der Waals surface area contributed by atoms with E-state index in [1.165, 1.54) is 11.1 Å². The van der Waals surface area contributed by atoms with Crippen molar-refractivity contribution < 1.29 is 33.9 Å². The highest BCUT2D eigenvalue weighted by atomic mass is 32.2. The number of hydrogen-bond donors (Lipinski definition) is 2. The Morgan fingerprint density at radius 3 is 1.32 bits per heavy atom. The number of hydrogen-bond acceptors (Lipinski definition) is 9. The van der Waals surface area contributed by atoms with E-state index in [2.05, 4.69) is 102 Å². The summed E-state index contributed by atoms with van der Waals surface area (Å²) in [6, 6.07) is 20.8. The first kappa shape index (κ1) is 46.4. The molecule has 0 spiro atoms. The van der Waals surface area contributed by atoms with Crippen molar-refractivity contribution in [2.45, 2.75) is 213 Å². The van der Waals surface area contributed by atoms with Gasteiger partial charge in [-0.2, -0.15) is 0 Å². The van der Waals surface area contributed by atoms with Crippen molar-refractivity contribution in [1.29, 1.82) is 0 Å². The molecule has 2 aromatic carbocycles. The van der Waals surface area contributed by atoms with Crippen molar-refractivity contribution in [3.63, 3.8) is 0 Å². The molecular formula is C48H72O7S2. The van der Waals surface area contributed by atoms with Crippen LogP contribution in [-0.2, 0) is 23.7 Å². The fraction of sp³-hybridized carbons (Fsp3) is 0.667. The van der Waals surface area contributed by atoms with Crippen LogP contribution in [0.5, 0.6) is 0 Å². The van der Waals surface area contributed by atoms with E-state index in [1.807, 2.05) is 53.7 Å². The molecule has 57 heavy (non-hydrogen) atoms. The molecular weight excluding hydrogens is 753 g/mol. The molecule has 2 N–H and O–H groups in total. The van der Waals surface area contributed by atoms with Crippen LogP contribution in [0.4, 0.5) is 0 Å². The van der Waals surface area contributed by atoms with E-state index in [4.69, 9.17) is 23.7 Å². The van der Waals surface area contributed by atoms with Crippen LogP contribution in [-0.4, -0.2) is 79.1 Å². The van der Waals surface area contributed by atoms with Crippen LogP contribution < -0.4 is 0 Å². The summed E-state index contributed by atoms with van der Waals surface area (Å²) in [6.07, 6.45) is 9.72. The Hall–Kier alpha value is -1.66. The second kappa shape index (κ2) is 18.5. The third kappa shape index (κ3) is 13.4. The zero-order valence-corrected chi connectivity index (χ0v) is 38.4. The van der Waals surface area contributed by atoms with Gasteiger partial charge in [0.25, 0.3) is 0 Å². The number of thioether (sulfide) groups is 2. The molecule has 7 nitrogen and oxygen atoms in total. The maximum atomic E-state index is 12.2. The summed E-state index contributed by atoms with van der Waals surface area (Å²) in [6.45, 7) is 24.5. The van der Waals surface area contributed by atoms with Crippen molar-refractivity contribution in [2.24, 2.45) is 0 Å². The number of benzene rings is 2. The molecule has 3 heterocycles. The average molecular weight is 825 g/mol. The van der Waals surface area contributed by atoms with Gasteiger partial charge in [-0.3, -0.25) is 0 Å². The SMILES string of the molecule is C/C(=C\C(C[C@](C)(O)[C@H]1CC[C@H]([C@@](C)(O)CC(/C=C(\C)CC[C@@H]2OC(C)(C)OC2(C)C)Sc2ccccc2)O1)Sc1ccccc1)CC[C@@H]1OC(C)(C)OC1(C)C. The molecule has 3 fully saturated rings. The van der Waals surface area contributed by atoms with Gasteiger partial charge in [0.05, 0.1) is 46.8 Å². The summed E-state index contributed by atoms with van der Waals surface area (Å²) in [5, 5.41) is 24.4. The lowest BCUT2D eigenvalue weighted by molar-refractivity contribution is -0.158. The predicted molar refractivity (Wildman–Crippen MR) is 235 cm³/mol. The van der Waals surface area contributed by atoms with Crippen LogP contribution in [0.15, 0.2) is 93.8 Å². The Morgan fingerprint density at radius 2 is 1.00 bits per heavy atom. The number of allylic oxidation sites excluding steroid dienone is 2. The Kier molecular flexibility index (Phi) is 15.1. The maximum Gasteiger partial charge on any atom is 0.164 e. The third-order valence-electron chi connectivity index (χ3n) is 11.7. The molecule has 2 aromatic rings. The second-order valence-corrected chi connectivity index (χ2v) is 21.9. The summed E-state index contributed by atoms with van der Waals surface area (Å²) >= 11 is 3.54. The van der Waals surface area contributed by atoms with Gasteiger partial charge in [0, 0.05) is 20.3 Å². The first-order chi connectivity index (χ1) is 26.4. The number of aliphatic hydroxyl groups is 2. The molecule has 8 atom stereocenters. The van der Waals surface area contributed by atoms with E-state index in [0.29, 0.717) is 25.7 Å². The van der Waals surface area contributed by atoms with Crippen molar-refractivity contribution >= 4 is 23.5 Å². The van der Waals surface area contributed by atoms with Gasteiger partial charge in [-0.15, -0.1) is 23.5 Å². The standard InChI is InChI=1S/C48H72O7S2/c1-33(23-25-39-43(3,4)54-45(7,8)52-39)29-37(56-35-19-15-13-16-20-35)31-47(11,49)41-27-28-42(51-41)48(12,50)32-38(57-36-21-17-14-18-22-36)30-34(2)24-26-40-44(5,6)55-46(9,10)53-40/h13-22,29-30,37-42,49-50H,23-28,31-32H2,1-12H3/b33-29+,34-30+/t37?,38?,39-,40-,41+,42+,47-,48-/m0/s1. The largest absolute Gasteiger partial charge is 0.387 e. The van der Waals surface area contributed by atoms with Crippen LogP contribution in [0.3, 0.4) is 0 Å². The predicted octanol–water partition coefficient (Wildman–Crippen LogP) is 11.5. The molecule has 3 aliphatic heterocycles. The normalized spacial score (nSPS) is 28.8. The minimum absolute atomic E-state index is 0.00238.